The van der Waals surface area contributed by atoms with Gasteiger partial charge in [-0.25, -0.2) is 0 Å². The molecule has 0 saturated heterocycles. The van der Waals surface area contributed by atoms with E-state index in [-0.39, 0.29) is 7.69 Å². The molecule has 2 aromatic heterocycles. The van der Waals surface area contributed by atoms with Gasteiger partial charge in [0.15, 0.2) is 0 Å². The Morgan fingerprint density at radius 1 is 1.07 bits per heavy atom. The van der Waals surface area contributed by atoms with Crippen LogP contribution in [0.25, 0.3) is 11.4 Å². The maximum absolute atomic E-state index is 8.62. The molecule has 2 aromatic rings. The van der Waals surface area contributed by atoms with E-state index in [0.717, 1.165) is 11.4 Å². The second kappa shape index (κ2) is 4.57. The van der Waals surface area contributed by atoms with Crippen molar-refractivity contribution in [2.75, 3.05) is 0 Å². The molecule has 4 nitrogen and oxygen atoms in total. The van der Waals surface area contributed by atoms with Crippen LogP contribution in [0.15, 0.2) is 42.7 Å². The minimum atomic E-state index is -0.342. The van der Waals surface area contributed by atoms with Crippen LogP contribution in [0.2, 0.25) is 0 Å². The Morgan fingerprint density at radius 2 is 1.93 bits per heavy atom. The van der Waals surface area contributed by atoms with E-state index in [1.807, 2.05) is 18.2 Å². The monoisotopic (exact) mass is 200 g/mol. The minimum absolute atomic E-state index is 0.342. The molecule has 5 heteroatoms. The number of pyridine rings is 2. The van der Waals surface area contributed by atoms with Gasteiger partial charge in [0.05, 0.1) is 11.4 Å². The summed E-state index contributed by atoms with van der Waals surface area (Å²) in [6.45, 7) is 0. The first-order chi connectivity index (χ1) is 7.40. The van der Waals surface area contributed by atoms with Crippen LogP contribution in [-0.4, -0.2) is 22.7 Å². The first-order valence-corrected chi connectivity index (χ1v) is 4.51. The minimum Gasteiger partial charge on any atom is -0.539 e. The van der Waals surface area contributed by atoms with Gasteiger partial charge in [-0.1, -0.05) is 6.07 Å². The van der Waals surface area contributed by atoms with Gasteiger partial charge in [-0.05, 0) is 18.2 Å². The second-order valence-corrected chi connectivity index (χ2v) is 2.87. The molecule has 74 valence electrons. The topological polar surface area (TPSA) is 55.2 Å². The lowest BCUT2D eigenvalue weighted by Crippen LogP contribution is -2.00. The van der Waals surface area contributed by atoms with Crippen molar-refractivity contribution in [2.45, 2.75) is 0 Å². The van der Waals surface area contributed by atoms with Crippen LogP contribution >= 0.6 is 0 Å². The van der Waals surface area contributed by atoms with Crippen LogP contribution in [0.1, 0.15) is 0 Å². The van der Waals surface area contributed by atoms with Gasteiger partial charge in [0.25, 0.3) is 0 Å². The van der Waals surface area contributed by atoms with E-state index >= 15 is 0 Å². The Kier molecular flexibility index (Phi) is 2.95. The van der Waals surface area contributed by atoms with E-state index < -0.39 is 0 Å². The molecule has 15 heavy (non-hydrogen) atoms. The molecule has 0 bridgehead atoms. The molecule has 0 aromatic carbocycles. The summed E-state index contributed by atoms with van der Waals surface area (Å²) in [6.07, 6.45) is 3.32. The van der Waals surface area contributed by atoms with E-state index in [0.29, 0.717) is 5.75 Å². The lowest BCUT2D eigenvalue weighted by atomic mass is 10.2. The van der Waals surface area contributed by atoms with Crippen LogP contribution in [0.3, 0.4) is 0 Å². The van der Waals surface area contributed by atoms with Gasteiger partial charge < -0.3 is 9.68 Å². The fourth-order valence-electron chi connectivity index (χ4n) is 1.23. The first kappa shape index (κ1) is 9.67. The SMILES string of the molecule is OBOc1ccnc(-c2ccccn2)c1. The van der Waals surface area contributed by atoms with Crippen molar-refractivity contribution in [1.29, 1.82) is 0 Å². The van der Waals surface area contributed by atoms with Crippen LogP contribution < -0.4 is 4.65 Å². The number of hydrogen-bond donors (Lipinski definition) is 1. The summed E-state index contributed by atoms with van der Waals surface area (Å²) in [6, 6.07) is 9.02. The summed E-state index contributed by atoms with van der Waals surface area (Å²) < 4.78 is 4.96. The second-order valence-electron chi connectivity index (χ2n) is 2.87. The molecule has 0 aliphatic heterocycles. The van der Waals surface area contributed by atoms with Gasteiger partial charge in [0, 0.05) is 18.5 Å². The van der Waals surface area contributed by atoms with E-state index in [1.54, 1.807) is 24.5 Å². The number of nitrogens with zero attached hydrogens (tertiary/aromatic N) is 2. The lowest BCUT2D eigenvalue weighted by Gasteiger charge is -2.03. The van der Waals surface area contributed by atoms with Gasteiger partial charge in [-0.2, -0.15) is 0 Å². The molecule has 2 heterocycles. The van der Waals surface area contributed by atoms with E-state index in [2.05, 4.69) is 9.97 Å². The maximum atomic E-state index is 8.62. The molecule has 2 rings (SSSR count). The summed E-state index contributed by atoms with van der Waals surface area (Å²) in [5.41, 5.74) is 1.50. The molecule has 0 saturated carbocycles. The van der Waals surface area contributed by atoms with E-state index in [9.17, 15) is 0 Å². The molecule has 0 unspecified atom stereocenters. The van der Waals surface area contributed by atoms with Crippen molar-refractivity contribution in [1.82, 2.24) is 9.97 Å². The van der Waals surface area contributed by atoms with Gasteiger partial charge in [0.2, 0.25) is 0 Å². The summed E-state index contributed by atoms with van der Waals surface area (Å²) in [5, 5.41) is 8.62. The van der Waals surface area contributed by atoms with Gasteiger partial charge in [-0.15, -0.1) is 0 Å². The zero-order valence-electron chi connectivity index (χ0n) is 8.00. The summed E-state index contributed by atoms with van der Waals surface area (Å²) in [7, 11) is -0.342. The predicted octanol–water partition coefficient (Wildman–Crippen LogP) is 0.781. The zero-order chi connectivity index (χ0) is 10.5. The van der Waals surface area contributed by atoms with Crippen molar-refractivity contribution in [2.24, 2.45) is 0 Å². The maximum Gasteiger partial charge on any atom is 0.504 e. The summed E-state index contributed by atoms with van der Waals surface area (Å²) >= 11 is 0. The largest absolute Gasteiger partial charge is 0.539 e. The van der Waals surface area contributed by atoms with Gasteiger partial charge in [-0.3, -0.25) is 9.97 Å². The van der Waals surface area contributed by atoms with Crippen LogP contribution in [0.4, 0.5) is 0 Å². The van der Waals surface area contributed by atoms with E-state index in [1.165, 1.54) is 0 Å². The van der Waals surface area contributed by atoms with Crippen molar-refractivity contribution in [3.8, 4) is 17.1 Å². The van der Waals surface area contributed by atoms with Crippen molar-refractivity contribution < 1.29 is 9.68 Å². The average molecular weight is 200 g/mol. The molecule has 0 aliphatic rings. The molecule has 0 fully saturated rings. The van der Waals surface area contributed by atoms with Crippen molar-refractivity contribution >= 4 is 7.69 Å². The third kappa shape index (κ3) is 2.32. The van der Waals surface area contributed by atoms with Crippen LogP contribution in [0.5, 0.6) is 5.75 Å². The highest BCUT2D eigenvalue weighted by atomic mass is 16.5. The number of aromatic nitrogens is 2. The molecular weight excluding hydrogens is 191 g/mol. The molecule has 0 atom stereocenters. The third-order valence-corrected chi connectivity index (χ3v) is 1.89. The molecule has 0 aliphatic carbocycles. The smallest absolute Gasteiger partial charge is 0.504 e. The van der Waals surface area contributed by atoms with Crippen molar-refractivity contribution in [3.63, 3.8) is 0 Å². The summed E-state index contributed by atoms with van der Waals surface area (Å²) in [4.78, 5) is 8.34. The molecular formula is C10H9BN2O2. The molecule has 0 spiro atoms. The van der Waals surface area contributed by atoms with Gasteiger partial charge >= 0.3 is 7.69 Å². The zero-order valence-corrected chi connectivity index (χ0v) is 8.00. The van der Waals surface area contributed by atoms with Crippen molar-refractivity contribution in [3.05, 3.63) is 42.7 Å². The Bertz CT molecular complexity index is 436. The Morgan fingerprint density at radius 3 is 2.67 bits per heavy atom. The standard InChI is InChI=1S/C10H9BN2O2/c14-11-15-8-4-6-13-10(7-8)9-3-1-2-5-12-9/h1-7,11,14H. The highest BCUT2D eigenvalue weighted by Crippen LogP contribution is 2.18. The Hall–Kier alpha value is -1.88. The molecule has 0 radical (unpaired) electrons. The Labute approximate surface area is 87.9 Å². The molecule has 0 amide bonds. The lowest BCUT2D eigenvalue weighted by molar-refractivity contribution is 0.453. The third-order valence-electron chi connectivity index (χ3n) is 1.89. The van der Waals surface area contributed by atoms with Crippen LogP contribution in [-0.2, 0) is 0 Å². The fraction of sp³-hybridized carbons (Fsp3) is 0. The van der Waals surface area contributed by atoms with Crippen LogP contribution in [0, 0.1) is 0 Å². The summed E-state index contributed by atoms with van der Waals surface area (Å²) in [5.74, 6) is 0.577. The first-order valence-electron chi connectivity index (χ1n) is 4.51. The highest BCUT2D eigenvalue weighted by Gasteiger charge is 2.01. The van der Waals surface area contributed by atoms with E-state index in [4.69, 9.17) is 9.68 Å². The quantitative estimate of drug-likeness (QED) is 0.743. The van der Waals surface area contributed by atoms with Gasteiger partial charge in [0.1, 0.15) is 5.75 Å². The number of rotatable bonds is 3. The Balaban J connectivity index is 2.33. The molecule has 1 N–H and O–H groups in total. The number of hydrogen-bond acceptors (Lipinski definition) is 4. The normalized spacial score (nSPS) is 9.67. The fourth-order valence-corrected chi connectivity index (χ4v) is 1.23. The predicted molar refractivity (Wildman–Crippen MR) is 57.5 cm³/mol. The average Bonchev–Trinajstić information content (AvgIpc) is 2.31. The highest BCUT2D eigenvalue weighted by molar-refractivity contribution is 6.17.